The number of hydrogen-bond acceptors (Lipinski definition) is 3. The van der Waals surface area contributed by atoms with E-state index in [1.54, 1.807) is 0 Å². The highest BCUT2D eigenvalue weighted by molar-refractivity contribution is 5.90. The average molecular weight is 163 g/mol. The molecule has 3 nitrogen and oxygen atoms in total. The molecule has 2 bridgehead atoms. The lowest BCUT2D eigenvalue weighted by Gasteiger charge is -2.10. The molecule has 0 spiro atoms. The van der Waals surface area contributed by atoms with Gasteiger partial charge in [0.15, 0.2) is 0 Å². The van der Waals surface area contributed by atoms with E-state index < -0.39 is 0 Å². The number of rotatable bonds is 0. The highest BCUT2D eigenvalue weighted by Crippen LogP contribution is 2.24. The van der Waals surface area contributed by atoms with E-state index in [-0.39, 0.29) is 12.4 Å². The SMILES string of the molecule is Cl.O/N=C1\CN2CCC1C2. The quantitative estimate of drug-likeness (QED) is 0.418. The highest BCUT2D eigenvalue weighted by atomic mass is 35.5. The third-order valence-electron chi connectivity index (χ3n) is 2.26. The zero-order chi connectivity index (χ0) is 6.27. The second-order valence-electron chi connectivity index (χ2n) is 2.81. The Kier molecular flexibility index (Phi) is 2.16. The highest BCUT2D eigenvalue weighted by Gasteiger charge is 2.34. The van der Waals surface area contributed by atoms with Crippen LogP contribution in [0.4, 0.5) is 0 Å². The summed E-state index contributed by atoms with van der Waals surface area (Å²) in [6.45, 7) is 3.23. The van der Waals surface area contributed by atoms with Crippen molar-refractivity contribution < 1.29 is 5.21 Å². The lowest BCUT2D eigenvalue weighted by Crippen LogP contribution is -2.23. The van der Waals surface area contributed by atoms with Crippen molar-refractivity contribution in [1.82, 2.24) is 4.90 Å². The monoisotopic (exact) mass is 162 g/mol. The Labute approximate surface area is 66.1 Å². The Morgan fingerprint density at radius 2 is 2.40 bits per heavy atom. The van der Waals surface area contributed by atoms with Gasteiger partial charge in [-0.1, -0.05) is 5.16 Å². The molecule has 0 saturated carbocycles. The molecule has 2 atom stereocenters. The van der Waals surface area contributed by atoms with Gasteiger partial charge in [-0.25, -0.2) is 0 Å². The summed E-state index contributed by atoms with van der Waals surface area (Å²) in [7, 11) is 0. The van der Waals surface area contributed by atoms with Crippen LogP contribution < -0.4 is 0 Å². The van der Waals surface area contributed by atoms with E-state index in [1.165, 1.54) is 13.0 Å². The van der Waals surface area contributed by atoms with E-state index in [9.17, 15) is 0 Å². The van der Waals surface area contributed by atoms with Crippen LogP contribution in [0.2, 0.25) is 0 Å². The van der Waals surface area contributed by atoms with Crippen LogP contribution in [-0.4, -0.2) is 35.5 Å². The first-order valence-corrected chi connectivity index (χ1v) is 3.33. The van der Waals surface area contributed by atoms with Crippen molar-refractivity contribution >= 4 is 18.1 Å². The summed E-state index contributed by atoms with van der Waals surface area (Å²) in [5.41, 5.74) is 0.987. The molecule has 0 radical (unpaired) electrons. The molecular weight excluding hydrogens is 152 g/mol. The van der Waals surface area contributed by atoms with Gasteiger partial charge >= 0.3 is 0 Å². The zero-order valence-corrected chi connectivity index (χ0v) is 6.47. The van der Waals surface area contributed by atoms with Crippen molar-refractivity contribution in [3.63, 3.8) is 0 Å². The molecule has 2 rings (SSSR count). The Morgan fingerprint density at radius 1 is 1.60 bits per heavy atom. The van der Waals surface area contributed by atoms with Crippen molar-refractivity contribution in [3.05, 3.63) is 0 Å². The van der Waals surface area contributed by atoms with Crippen molar-refractivity contribution in [2.24, 2.45) is 11.1 Å². The van der Waals surface area contributed by atoms with Gasteiger partial charge in [0.05, 0.1) is 5.71 Å². The van der Waals surface area contributed by atoms with Gasteiger partial charge in [-0.3, -0.25) is 4.90 Å². The van der Waals surface area contributed by atoms with Gasteiger partial charge in [0.1, 0.15) is 0 Å². The predicted octanol–water partition coefficient (Wildman–Crippen LogP) is 0.574. The van der Waals surface area contributed by atoms with Crippen LogP contribution in [0.3, 0.4) is 0 Å². The summed E-state index contributed by atoms with van der Waals surface area (Å²) < 4.78 is 0. The molecule has 0 aromatic rings. The van der Waals surface area contributed by atoms with Gasteiger partial charge in [-0.2, -0.15) is 0 Å². The first-order chi connectivity index (χ1) is 4.40. The van der Waals surface area contributed by atoms with Crippen molar-refractivity contribution in [1.29, 1.82) is 0 Å². The maximum Gasteiger partial charge on any atom is 0.0754 e. The number of oxime groups is 1. The molecule has 1 N–H and O–H groups in total. The molecule has 2 saturated heterocycles. The van der Waals surface area contributed by atoms with Crippen LogP contribution in [0.15, 0.2) is 5.16 Å². The summed E-state index contributed by atoms with van der Waals surface area (Å²) in [5.74, 6) is 0.579. The zero-order valence-electron chi connectivity index (χ0n) is 5.66. The Bertz CT molecular complexity index is 160. The van der Waals surface area contributed by atoms with Crippen molar-refractivity contribution in [2.45, 2.75) is 6.42 Å². The minimum Gasteiger partial charge on any atom is -0.411 e. The minimum absolute atomic E-state index is 0. The van der Waals surface area contributed by atoms with E-state index in [0.29, 0.717) is 5.92 Å². The number of nitrogens with zero attached hydrogens (tertiary/aromatic N) is 2. The van der Waals surface area contributed by atoms with Crippen LogP contribution >= 0.6 is 12.4 Å². The van der Waals surface area contributed by atoms with Crippen molar-refractivity contribution in [2.75, 3.05) is 19.6 Å². The van der Waals surface area contributed by atoms with Crippen LogP contribution in [0, 0.1) is 5.92 Å². The van der Waals surface area contributed by atoms with Crippen LogP contribution in [0.5, 0.6) is 0 Å². The second kappa shape index (κ2) is 2.76. The maximum atomic E-state index is 8.45. The molecule has 0 amide bonds. The fraction of sp³-hybridized carbons (Fsp3) is 0.833. The van der Waals surface area contributed by atoms with E-state index in [4.69, 9.17) is 5.21 Å². The largest absolute Gasteiger partial charge is 0.411 e. The van der Waals surface area contributed by atoms with E-state index in [0.717, 1.165) is 18.8 Å². The smallest absolute Gasteiger partial charge is 0.0754 e. The Balaban J connectivity index is 0.000000500. The van der Waals surface area contributed by atoms with Gasteiger partial charge in [0, 0.05) is 19.0 Å². The van der Waals surface area contributed by atoms with Crippen molar-refractivity contribution in [3.8, 4) is 0 Å². The summed E-state index contributed by atoms with van der Waals surface area (Å²) >= 11 is 0. The number of hydrogen-bond donors (Lipinski definition) is 1. The molecule has 0 aromatic carbocycles. The molecule has 2 fully saturated rings. The normalized spacial score (nSPS) is 40.2. The molecule has 2 unspecified atom stereocenters. The van der Waals surface area contributed by atoms with Gasteiger partial charge < -0.3 is 5.21 Å². The third-order valence-corrected chi connectivity index (χ3v) is 2.26. The number of fused-ring (bicyclic) bond motifs is 2. The molecular formula is C6H11ClN2O. The molecule has 10 heavy (non-hydrogen) atoms. The third kappa shape index (κ3) is 0.995. The van der Waals surface area contributed by atoms with Gasteiger partial charge in [0.2, 0.25) is 0 Å². The van der Waals surface area contributed by atoms with Crippen LogP contribution in [-0.2, 0) is 0 Å². The first kappa shape index (κ1) is 7.82. The van der Waals surface area contributed by atoms with Crippen LogP contribution in [0.25, 0.3) is 0 Å². The topological polar surface area (TPSA) is 35.8 Å². The number of piperidine rings is 1. The summed E-state index contributed by atoms with van der Waals surface area (Å²) in [4.78, 5) is 2.32. The van der Waals surface area contributed by atoms with Crippen LogP contribution in [0.1, 0.15) is 6.42 Å². The molecule has 0 aliphatic carbocycles. The molecule has 4 heteroatoms. The predicted molar refractivity (Wildman–Crippen MR) is 41.0 cm³/mol. The Hall–Kier alpha value is -0.280. The minimum atomic E-state index is 0. The van der Waals surface area contributed by atoms with E-state index in [2.05, 4.69) is 10.1 Å². The lowest BCUT2D eigenvalue weighted by molar-refractivity contribution is 0.312. The molecule has 2 heterocycles. The standard InChI is InChI=1S/C6H10N2O.ClH/c9-7-6-4-8-2-1-5(6)3-8;/h5,9H,1-4H2;1H/b7-6+;. The number of halogens is 1. The lowest BCUT2D eigenvalue weighted by atomic mass is 10.0. The fourth-order valence-electron chi connectivity index (χ4n) is 1.72. The summed E-state index contributed by atoms with van der Waals surface area (Å²) in [5, 5.41) is 11.7. The Morgan fingerprint density at radius 3 is 2.70 bits per heavy atom. The van der Waals surface area contributed by atoms with Gasteiger partial charge in [-0.15, -0.1) is 12.4 Å². The van der Waals surface area contributed by atoms with E-state index >= 15 is 0 Å². The molecule has 0 aromatic heterocycles. The van der Waals surface area contributed by atoms with Gasteiger partial charge in [-0.05, 0) is 13.0 Å². The average Bonchev–Trinajstić information content (AvgIpc) is 2.45. The van der Waals surface area contributed by atoms with E-state index in [1.807, 2.05) is 0 Å². The first-order valence-electron chi connectivity index (χ1n) is 3.33. The maximum absolute atomic E-state index is 8.45. The molecule has 2 aliphatic rings. The summed E-state index contributed by atoms with van der Waals surface area (Å²) in [6, 6.07) is 0. The fourth-order valence-corrected chi connectivity index (χ4v) is 1.72. The summed E-state index contributed by atoms with van der Waals surface area (Å²) in [6.07, 6.45) is 1.19. The molecule has 58 valence electrons. The van der Waals surface area contributed by atoms with Gasteiger partial charge in [0.25, 0.3) is 0 Å². The molecule has 2 aliphatic heterocycles. The second-order valence-corrected chi connectivity index (χ2v) is 2.81.